The van der Waals surface area contributed by atoms with Crippen molar-refractivity contribution >= 4 is 40.2 Å². The summed E-state index contributed by atoms with van der Waals surface area (Å²) in [6.45, 7) is 0.802. The Labute approximate surface area is 169 Å². The number of carbonyl (C=O) groups is 1. The van der Waals surface area contributed by atoms with Crippen molar-refractivity contribution in [3.8, 4) is 0 Å². The number of piperidine rings is 1. The predicted octanol–water partition coefficient (Wildman–Crippen LogP) is 5.92. The first-order chi connectivity index (χ1) is 13.1. The van der Waals surface area contributed by atoms with E-state index in [1.54, 1.807) is 11.8 Å². The highest BCUT2D eigenvalue weighted by molar-refractivity contribution is 7.98. The number of halogens is 1. The molecule has 0 aliphatic carbocycles. The van der Waals surface area contributed by atoms with Gasteiger partial charge in [0.05, 0.1) is 6.04 Å². The van der Waals surface area contributed by atoms with E-state index in [4.69, 9.17) is 11.6 Å². The maximum atomic E-state index is 13.4. The zero-order valence-electron chi connectivity index (χ0n) is 15.6. The first-order valence-electron chi connectivity index (χ1n) is 9.28. The van der Waals surface area contributed by atoms with Gasteiger partial charge in [0.15, 0.2) is 0 Å². The number of hydrogen-bond acceptors (Lipinski definition) is 2. The average Bonchev–Trinajstić information content (AvgIpc) is 3.03. The molecule has 2 heterocycles. The van der Waals surface area contributed by atoms with Crippen molar-refractivity contribution < 1.29 is 4.79 Å². The van der Waals surface area contributed by atoms with E-state index in [-0.39, 0.29) is 11.9 Å². The smallest absolute Gasteiger partial charge is 0.271 e. The average molecular weight is 399 g/mol. The summed E-state index contributed by atoms with van der Waals surface area (Å²) in [5, 5.41) is 1.73. The third-order valence-electron chi connectivity index (χ3n) is 5.49. The fraction of sp³-hybridized carbons (Fsp3) is 0.318. The number of aromatic nitrogens is 1. The zero-order valence-corrected chi connectivity index (χ0v) is 17.2. The molecule has 0 N–H and O–H groups in total. The molecule has 5 heteroatoms. The van der Waals surface area contributed by atoms with Crippen LogP contribution in [0.1, 0.15) is 41.4 Å². The first kappa shape index (κ1) is 18.5. The molecule has 140 valence electrons. The summed E-state index contributed by atoms with van der Waals surface area (Å²) in [6.07, 6.45) is 5.31. The fourth-order valence-electron chi connectivity index (χ4n) is 4.00. The van der Waals surface area contributed by atoms with Gasteiger partial charge in [-0.15, -0.1) is 11.8 Å². The summed E-state index contributed by atoms with van der Waals surface area (Å²) < 4.78 is 1.96. The lowest BCUT2D eigenvalue weighted by Gasteiger charge is -2.36. The Morgan fingerprint density at radius 1 is 1.11 bits per heavy atom. The minimum Gasteiger partial charge on any atom is -0.340 e. The lowest BCUT2D eigenvalue weighted by molar-refractivity contribution is 0.0602. The van der Waals surface area contributed by atoms with E-state index >= 15 is 0 Å². The molecule has 0 bridgehead atoms. The number of fused-ring (bicyclic) bond motifs is 1. The summed E-state index contributed by atoms with van der Waals surface area (Å²) in [4.78, 5) is 16.7. The molecule has 3 aromatic rings. The second kappa shape index (κ2) is 7.61. The Kier molecular flexibility index (Phi) is 5.20. The standard InChI is InChI=1S/C22H23ClN2OS/c1-24-20-14-17(23)9-6-16(20)13-21(24)22(26)25-12-4-3-5-19(25)15-7-10-18(27-2)11-8-15/h6-11,13-14,19H,3-5,12H2,1-2H3. The zero-order chi connectivity index (χ0) is 19.0. The maximum absolute atomic E-state index is 13.4. The van der Waals surface area contributed by atoms with Crippen LogP contribution in [0.2, 0.25) is 5.02 Å². The molecule has 27 heavy (non-hydrogen) atoms. The molecule has 2 aromatic carbocycles. The number of nitrogens with zero attached hydrogens (tertiary/aromatic N) is 2. The minimum absolute atomic E-state index is 0.100. The van der Waals surface area contributed by atoms with Gasteiger partial charge in [-0.05, 0) is 61.4 Å². The van der Waals surface area contributed by atoms with Gasteiger partial charge in [0.1, 0.15) is 5.69 Å². The normalized spacial score (nSPS) is 17.4. The maximum Gasteiger partial charge on any atom is 0.271 e. The van der Waals surface area contributed by atoms with Crippen molar-refractivity contribution in [3.05, 3.63) is 64.8 Å². The van der Waals surface area contributed by atoms with Crippen molar-refractivity contribution in [3.63, 3.8) is 0 Å². The third-order valence-corrected chi connectivity index (χ3v) is 6.47. The number of aryl methyl sites for hydroxylation is 1. The first-order valence-corrected chi connectivity index (χ1v) is 10.9. The number of benzene rings is 2. The Hall–Kier alpha value is -1.91. The number of hydrogen-bond donors (Lipinski definition) is 0. The molecular formula is C22H23ClN2OS. The molecule has 1 saturated heterocycles. The second-order valence-corrected chi connectivity index (χ2v) is 8.39. The topological polar surface area (TPSA) is 25.2 Å². The SMILES string of the molecule is CSc1ccc(C2CCCCN2C(=O)c2cc3ccc(Cl)cc3n2C)cc1. The van der Waals surface area contributed by atoms with Crippen molar-refractivity contribution in [2.45, 2.75) is 30.2 Å². The summed E-state index contributed by atoms with van der Waals surface area (Å²) in [5.74, 6) is 0.100. The van der Waals surface area contributed by atoms with Gasteiger partial charge in [-0.2, -0.15) is 0 Å². The molecule has 1 aliphatic heterocycles. The van der Waals surface area contributed by atoms with E-state index in [0.29, 0.717) is 5.02 Å². The molecule has 0 saturated carbocycles. The van der Waals surface area contributed by atoms with Crippen molar-refractivity contribution in [1.29, 1.82) is 0 Å². The summed E-state index contributed by atoms with van der Waals surface area (Å²) in [5.41, 5.74) is 2.94. The van der Waals surface area contributed by atoms with Crippen LogP contribution in [-0.4, -0.2) is 28.2 Å². The van der Waals surface area contributed by atoms with Crippen LogP contribution in [0.15, 0.2) is 53.4 Å². The van der Waals surface area contributed by atoms with Crippen molar-refractivity contribution in [2.24, 2.45) is 7.05 Å². The number of thioether (sulfide) groups is 1. The van der Waals surface area contributed by atoms with Crippen LogP contribution in [0.5, 0.6) is 0 Å². The van der Waals surface area contributed by atoms with Crippen LogP contribution in [0.4, 0.5) is 0 Å². The Balaban J connectivity index is 1.69. The Bertz CT molecular complexity index is 980. The van der Waals surface area contributed by atoms with E-state index in [9.17, 15) is 4.79 Å². The monoisotopic (exact) mass is 398 g/mol. The van der Waals surface area contributed by atoms with E-state index < -0.39 is 0 Å². The number of rotatable bonds is 3. The molecule has 0 radical (unpaired) electrons. The van der Waals surface area contributed by atoms with Crippen LogP contribution in [0.25, 0.3) is 10.9 Å². The van der Waals surface area contributed by atoms with Gasteiger partial charge < -0.3 is 9.47 Å². The molecule has 1 amide bonds. The number of likely N-dealkylation sites (tertiary alicyclic amines) is 1. The third kappa shape index (κ3) is 3.48. The lowest BCUT2D eigenvalue weighted by atomic mass is 9.95. The van der Waals surface area contributed by atoms with Gasteiger partial charge in [-0.25, -0.2) is 0 Å². The van der Waals surface area contributed by atoms with E-state index in [1.807, 2.05) is 40.8 Å². The number of carbonyl (C=O) groups excluding carboxylic acids is 1. The largest absolute Gasteiger partial charge is 0.340 e. The number of amides is 1. The molecule has 3 nitrogen and oxygen atoms in total. The molecule has 1 aromatic heterocycles. The van der Waals surface area contributed by atoms with E-state index in [2.05, 4.69) is 30.5 Å². The molecule has 1 fully saturated rings. The van der Waals surface area contributed by atoms with Gasteiger partial charge in [-0.3, -0.25) is 4.79 Å². The highest BCUT2D eigenvalue weighted by Gasteiger charge is 2.30. The quantitative estimate of drug-likeness (QED) is 0.511. The van der Waals surface area contributed by atoms with E-state index in [0.717, 1.165) is 42.4 Å². The van der Waals surface area contributed by atoms with Crippen LogP contribution in [0.3, 0.4) is 0 Å². The molecular weight excluding hydrogens is 376 g/mol. The Morgan fingerprint density at radius 2 is 1.89 bits per heavy atom. The van der Waals surface area contributed by atoms with Crippen LogP contribution >= 0.6 is 23.4 Å². The van der Waals surface area contributed by atoms with Gasteiger partial charge in [0.25, 0.3) is 5.91 Å². The minimum atomic E-state index is 0.100. The highest BCUT2D eigenvalue weighted by atomic mass is 35.5. The van der Waals surface area contributed by atoms with Gasteiger partial charge in [-0.1, -0.05) is 29.8 Å². The second-order valence-electron chi connectivity index (χ2n) is 7.08. The van der Waals surface area contributed by atoms with Crippen LogP contribution < -0.4 is 0 Å². The van der Waals surface area contributed by atoms with Gasteiger partial charge in [0.2, 0.25) is 0 Å². The summed E-state index contributed by atoms with van der Waals surface area (Å²) in [7, 11) is 1.94. The summed E-state index contributed by atoms with van der Waals surface area (Å²) in [6, 6.07) is 16.5. The molecule has 1 unspecified atom stereocenters. The molecule has 0 spiro atoms. The lowest BCUT2D eigenvalue weighted by Crippen LogP contribution is -2.39. The van der Waals surface area contributed by atoms with Crippen molar-refractivity contribution in [2.75, 3.05) is 12.8 Å². The van der Waals surface area contributed by atoms with Crippen LogP contribution in [0, 0.1) is 0 Å². The molecule has 1 aliphatic rings. The van der Waals surface area contributed by atoms with Crippen molar-refractivity contribution in [1.82, 2.24) is 9.47 Å². The van der Waals surface area contributed by atoms with Gasteiger partial charge in [0, 0.05) is 34.4 Å². The molecule has 4 rings (SSSR count). The predicted molar refractivity (Wildman–Crippen MR) is 114 cm³/mol. The summed E-state index contributed by atoms with van der Waals surface area (Å²) >= 11 is 7.88. The van der Waals surface area contributed by atoms with E-state index in [1.165, 1.54) is 10.5 Å². The van der Waals surface area contributed by atoms with Crippen LogP contribution in [-0.2, 0) is 7.05 Å². The van der Waals surface area contributed by atoms with Gasteiger partial charge >= 0.3 is 0 Å². The Morgan fingerprint density at radius 3 is 2.63 bits per heavy atom. The fourth-order valence-corrected chi connectivity index (χ4v) is 4.58. The molecule has 1 atom stereocenters. The highest BCUT2D eigenvalue weighted by Crippen LogP contribution is 2.34.